The summed E-state index contributed by atoms with van der Waals surface area (Å²) in [5.41, 5.74) is 0. The number of piperidine rings is 1. The molecular weight excluding hydrogens is 212 g/mol. The number of rotatable bonds is 8. The normalized spacial score (nSPS) is 19.8. The van der Waals surface area contributed by atoms with Crippen LogP contribution in [0.15, 0.2) is 0 Å². The van der Waals surface area contributed by atoms with Crippen molar-refractivity contribution < 1.29 is 4.74 Å². The number of hydrogen-bond donors (Lipinski definition) is 1. The van der Waals surface area contributed by atoms with Gasteiger partial charge in [0.15, 0.2) is 0 Å². The Morgan fingerprint density at radius 2 is 2.06 bits per heavy atom. The van der Waals surface area contributed by atoms with Gasteiger partial charge in [0.25, 0.3) is 0 Å². The molecule has 3 nitrogen and oxygen atoms in total. The van der Waals surface area contributed by atoms with E-state index in [0.717, 1.165) is 38.6 Å². The third kappa shape index (κ3) is 7.02. The van der Waals surface area contributed by atoms with Crippen molar-refractivity contribution in [3.63, 3.8) is 0 Å². The van der Waals surface area contributed by atoms with Gasteiger partial charge >= 0.3 is 0 Å². The van der Waals surface area contributed by atoms with Crippen molar-refractivity contribution in [1.82, 2.24) is 10.2 Å². The van der Waals surface area contributed by atoms with Gasteiger partial charge in [-0.15, -0.1) is 0 Å². The molecule has 3 heteroatoms. The van der Waals surface area contributed by atoms with Crippen LogP contribution in [0.1, 0.15) is 39.5 Å². The van der Waals surface area contributed by atoms with Crippen molar-refractivity contribution in [3.8, 4) is 0 Å². The van der Waals surface area contributed by atoms with Gasteiger partial charge in [0, 0.05) is 19.7 Å². The first kappa shape index (κ1) is 14.9. The van der Waals surface area contributed by atoms with E-state index in [4.69, 9.17) is 4.74 Å². The molecule has 0 spiro atoms. The van der Waals surface area contributed by atoms with E-state index in [9.17, 15) is 0 Å². The third-order valence-corrected chi connectivity index (χ3v) is 3.64. The van der Waals surface area contributed by atoms with Crippen LogP contribution in [0.25, 0.3) is 0 Å². The molecule has 1 N–H and O–H groups in total. The second-order valence-corrected chi connectivity index (χ2v) is 5.45. The maximum absolute atomic E-state index is 5.90. The second-order valence-electron chi connectivity index (χ2n) is 5.45. The zero-order chi connectivity index (χ0) is 12.5. The van der Waals surface area contributed by atoms with E-state index in [1.54, 1.807) is 0 Å². The van der Waals surface area contributed by atoms with Crippen LogP contribution in [0, 0.1) is 5.92 Å². The predicted octanol–water partition coefficient (Wildman–Crippen LogP) is 2.12. The first-order valence-corrected chi connectivity index (χ1v) is 7.23. The maximum Gasteiger partial charge on any atom is 0.0599 e. The van der Waals surface area contributed by atoms with E-state index in [2.05, 4.69) is 31.1 Å². The quantitative estimate of drug-likeness (QED) is 0.660. The summed E-state index contributed by atoms with van der Waals surface area (Å²) in [4.78, 5) is 2.43. The highest BCUT2D eigenvalue weighted by Gasteiger charge is 2.12. The molecule has 1 atom stereocenters. The standard InChI is InChI=1S/C14H30N2O/c1-4-13(2)12-16(3)10-5-11-17-14-6-8-15-9-7-14/h13-15H,4-12H2,1-3H3. The first-order chi connectivity index (χ1) is 8.22. The Labute approximate surface area is 107 Å². The van der Waals surface area contributed by atoms with Crippen LogP contribution in [-0.2, 0) is 4.74 Å². The van der Waals surface area contributed by atoms with Gasteiger partial charge in [-0.1, -0.05) is 20.3 Å². The maximum atomic E-state index is 5.90. The van der Waals surface area contributed by atoms with Crippen molar-refractivity contribution in [2.24, 2.45) is 5.92 Å². The van der Waals surface area contributed by atoms with Crippen LogP contribution in [0.4, 0.5) is 0 Å². The molecule has 1 aliphatic rings. The molecule has 1 rings (SSSR count). The lowest BCUT2D eigenvalue weighted by Crippen LogP contribution is -2.33. The Morgan fingerprint density at radius 3 is 2.71 bits per heavy atom. The van der Waals surface area contributed by atoms with E-state index in [0.29, 0.717) is 6.10 Å². The van der Waals surface area contributed by atoms with Crippen molar-refractivity contribution in [1.29, 1.82) is 0 Å². The van der Waals surface area contributed by atoms with Crippen molar-refractivity contribution in [3.05, 3.63) is 0 Å². The smallest absolute Gasteiger partial charge is 0.0599 e. The summed E-state index contributed by atoms with van der Waals surface area (Å²) >= 11 is 0. The van der Waals surface area contributed by atoms with Gasteiger partial charge < -0.3 is 15.0 Å². The number of hydrogen-bond acceptors (Lipinski definition) is 3. The largest absolute Gasteiger partial charge is 0.378 e. The topological polar surface area (TPSA) is 24.5 Å². The minimum absolute atomic E-state index is 0.510. The van der Waals surface area contributed by atoms with Gasteiger partial charge in [-0.05, 0) is 45.3 Å². The SMILES string of the molecule is CCC(C)CN(C)CCCOC1CCNCC1. The molecule has 17 heavy (non-hydrogen) atoms. The highest BCUT2D eigenvalue weighted by atomic mass is 16.5. The monoisotopic (exact) mass is 242 g/mol. The summed E-state index contributed by atoms with van der Waals surface area (Å²) < 4.78 is 5.90. The highest BCUT2D eigenvalue weighted by molar-refractivity contribution is 4.68. The van der Waals surface area contributed by atoms with Gasteiger partial charge in [0.1, 0.15) is 0 Å². The molecule has 0 radical (unpaired) electrons. The molecule has 1 unspecified atom stereocenters. The fourth-order valence-electron chi connectivity index (χ4n) is 2.30. The van der Waals surface area contributed by atoms with Crippen LogP contribution < -0.4 is 5.32 Å². The van der Waals surface area contributed by atoms with Gasteiger partial charge in [-0.2, -0.15) is 0 Å². The Hall–Kier alpha value is -0.120. The van der Waals surface area contributed by atoms with Crippen molar-refractivity contribution in [2.45, 2.75) is 45.6 Å². The molecule has 1 aliphatic heterocycles. The Kier molecular flexibility index (Phi) is 7.82. The molecule has 0 bridgehead atoms. The average Bonchev–Trinajstić information content (AvgIpc) is 2.36. The van der Waals surface area contributed by atoms with Gasteiger partial charge in [-0.25, -0.2) is 0 Å². The number of ether oxygens (including phenoxy) is 1. The predicted molar refractivity (Wildman–Crippen MR) is 73.4 cm³/mol. The van der Waals surface area contributed by atoms with Crippen LogP contribution in [0.3, 0.4) is 0 Å². The number of nitrogens with one attached hydrogen (secondary N) is 1. The molecule has 102 valence electrons. The van der Waals surface area contributed by atoms with E-state index >= 15 is 0 Å². The zero-order valence-corrected chi connectivity index (χ0v) is 11.9. The second kappa shape index (κ2) is 8.90. The minimum atomic E-state index is 0.510. The molecule has 1 fully saturated rings. The summed E-state index contributed by atoms with van der Waals surface area (Å²) in [5, 5.41) is 3.36. The van der Waals surface area contributed by atoms with Crippen molar-refractivity contribution >= 4 is 0 Å². The van der Waals surface area contributed by atoms with E-state index in [-0.39, 0.29) is 0 Å². The first-order valence-electron chi connectivity index (χ1n) is 7.23. The molecule has 0 aliphatic carbocycles. The average molecular weight is 242 g/mol. The van der Waals surface area contributed by atoms with E-state index in [1.807, 2.05) is 0 Å². The van der Waals surface area contributed by atoms with Crippen molar-refractivity contribution in [2.75, 3.05) is 39.8 Å². The highest BCUT2D eigenvalue weighted by Crippen LogP contribution is 2.08. The molecular formula is C14H30N2O. The summed E-state index contributed by atoms with van der Waals surface area (Å²) in [6.07, 6.45) is 5.31. The van der Waals surface area contributed by atoms with E-state index < -0.39 is 0 Å². The van der Waals surface area contributed by atoms with Crippen LogP contribution in [0.2, 0.25) is 0 Å². The summed E-state index contributed by atoms with van der Waals surface area (Å²) in [5.74, 6) is 0.810. The Bertz CT molecular complexity index is 181. The molecule has 0 aromatic heterocycles. The lowest BCUT2D eigenvalue weighted by Gasteiger charge is -2.24. The fraction of sp³-hybridized carbons (Fsp3) is 1.00. The lowest BCUT2D eigenvalue weighted by atomic mass is 10.1. The fourth-order valence-corrected chi connectivity index (χ4v) is 2.30. The molecule has 0 aromatic rings. The van der Waals surface area contributed by atoms with Gasteiger partial charge in [0.05, 0.1) is 6.10 Å². The minimum Gasteiger partial charge on any atom is -0.378 e. The lowest BCUT2D eigenvalue weighted by molar-refractivity contribution is 0.0282. The van der Waals surface area contributed by atoms with Gasteiger partial charge in [0.2, 0.25) is 0 Å². The Balaban J connectivity index is 1.95. The van der Waals surface area contributed by atoms with Crippen LogP contribution in [0.5, 0.6) is 0 Å². The Morgan fingerprint density at radius 1 is 1.35 bits per heavy atom. The summed E-state index contributed by atoms with van der Waals surface area (Å²) in [7, 11) is 2.22. The molecule has 0 aromatic carbocycles. The number of nitrogens with zero attached hydrogens (tertiary/aromatic N) is 1. The summed E-state index contributed by atoms with van der Waals surface area (Å²) in [6.45, 7) is 10.1. The van der Waals surface area contributed by atoms with E-state index in [1.165, 1.54) is 25.8 Å². The van der Waals surface area contributed by atoms with Crippen LogP contribution >= 0.6 is 0 Å². The molecule has 1 saturated heterocycles. The molecule has 0 amide bonds. The van der Waals surface area contributed by atoms with Gasteiger partial charge in [-0.3, -0.25) is 0 Å². The summed E-state index contributed by atoms with van der Waals surface area (Å²) in [6, 6.07) is 0. The molecule has 1 heterocycles. The third-order valence-electron chi connectivity index (χ3n) is 3.64. The molecule has 0 saturated carbocycles. The zero-order valence-electron chi connectivity index (χ0n) is 11.9. The van der Waals surface area contributed by atoms with Crippen LogP contribution in [-0.4, -0.2) is 50.8 Å².